The fourth-order valence-corrected chi connectivity index (χ4v) is 16.6. The molecule has 9 aromatic carbocycles. The quantitative estimate of drug-likeness (QED) is 0.0105. The number of hydrogen-bond acceptors (Lipinski definition) is 35. The fraction of sp³-hybridized carbons (Fsp3) is 0.473. The Balaban J connectivity index is 0.000000227. The Labute approximate surface area is 900 Å². The number of methoxy groups -OCH3 is 11. The number of benzene rings is 9. The summed E-state index contributed by atoms with van der Waals surface area (Å²) in [5.41, 5.74) is 12.7. The van der Waals surface area contributed by atoms with Gasteiger partial charge >= 0.3 is 37.0 Å². The molecule has 810 valence electrons. The maximum absolute atomic E-state index is 13.8. The third kappa shape index (κ3) is 31.0. The Morgan fingerprint density at radius 3 is 1.16 bits per heavy atom. The van der Waals surface area contributed by atoms with E-state index >= 15 is 0 Å². The number of fused-ring (bicyclic) bond motifs is 8. The van der Waals surface area contributed by atoms with Crippen molar-refractivity contribution in [3.05, 3.63) is 211 Å². The van der Waals surface area contributed by atoms with Crippen LogP contribution in [-0.4, -0.2) is 225 Å². The normalized spacial score (nSPS) is 15.7. The first-order chi connectivity index (χ1) is 71.1. The standard InChI is InChI=1S/C15H19NO4.C13H14O4.C13H18O4.C13H16O3.C11H15FO4.C11H16O4.C11H10O3.C11H12O2.C7H8O2.C4H5N.C3H6O3.Al.Li.4H/c1-11-4-5-12(19-9-17-2)13(14(11)20-10-18-3)15(8-16)6-7-15;1-8-3-4-9(16-7-15-2)10-11(8)17-12(14)13(10)5-6-13;1-9-3-4-10(17-8-16-2)11(12(9)15)13(7-14)5-6-13;1-9-3-4-10(16-8-14-2)11-12(9)15-7-13(11)5-6-13;1-8-4-5-9(15-6-13-2)10(12)11(8)16-7-14-3;1-9-4-5-10(14-7-12-2)6-11(9)15-8-13-3;1-6-2-3-7(12)8-9(6)14-10(13)11(8)4-5-11;1-7-2-3-8(12)9-10(7)13-6-11(9)4-5-11;1-5-2-3-6(8)4-7(5)9;5-3-4-1-2-4;1-5-3(4)6-2;;;;;;/h4-5H,6-7,9-10H2,1-3H3;3-4H,5-7H2,1-2H3;3-4,14-15H,5-8H2,1-2H3;3-4H,5-8H2,1-2H3;4-5H,6-7H2,1-3H3;4-6H,7-8H2,1-3H3;2-3,12H,4-5H2,1H3;2-3,12H,4-6H2,1H3;2-4,8-9H,1H3;4H,1-2H2;1-2H3;;;;;;/q;;;;;;;;;;;;+1;;;;-1. The van der Waals surface area contributed by atoms with Crippen LogP contribution in [0.2, 0.25) is 0 Å². The van der Waals surface area contributed by atoms with Gasteiger partial charge in [-0.3, -0.25) is 9.59 Å². The first-order valence-electron chi connectivity index (χ1n) is 48.2. The molecule has 35 nitrogen and oxygen atoms in total. The molecule has 0 aromatic heterocycles. The van der Waals surface area contributed by atoms with E-state index in [9.17, 15) is 44.5 Å². The number of rotatable bonds is 30. The second kappa shape index (κ2) is 57.2. The summed E-state index contributed by atoms with van der Waals surface area (Å²) in [5, 5.41) is 74.2. The molecule has 20 rings (SSSR count). The molecule has 9 aromatic rings. The van der Waals surface area contributed by atoms with Gasteiger partial charge in [0, 0.05) is 115 Å². The van der Waals surface area contributed by atoms with Gasteiger partial charge in [-0.25, -0.2) is 4.79 Å². The van der Waals surface area contributed by atoms with Gasteiger partial charge in [-0.2, -0.15) is 14.9 Å². The zero-order valence-electron chi connectivity index (χ0n) is 90.0. The van der Waals surface area contributed by atoms with Gasteiger partial charge in [0.15, 0.2) is 90.0 Å². The molecule has 4 heterocycles. The summed E-state index contributed by atoms with van der Waals surface area (Å²) in [6, 6.07) is 40.2. The smallest absolute Gasteiger partial charge is 1.00 e. The summed E-state index contributed by atoms with van der Waals surface area (Å²) in [4.78, 5) is 33.2. The number of phenols is 5. The molecular formula is C112H143AlFLiN2O33. The number of nitrogens with zero attached hydrogens (tertiary/aromatic N) is 2. The first-order valence-corrected chi connectivity index (χ1v) is 48.2. The van der Waals surface area contributed by atoms with Crippen LogP contribution in [0.15, 0.2) is 121 Å². The summed E-state index contributed by atoms with van der Waals surface area (Å²) >= 11 is 0. The average Bonchev–Trinajstić information content (AvgIpc) is 1.55. The Morgan fingerprint density at radius 1 is 0.380 bits per heavy atom. The van der Waals surface area contributed by atoms with Crippen molar-refractivity contribution in [2.75, 3.05) is 159 Å². The van der Waals surface area contributed by atoms with E-state index < -0.39 is 28.2 Å². The number of carbonyl (C=O) groups excluding carboxylic acids is 3. The SMILES string of the molecule is COC(=O)OC.COCOc1ccc(C)c(O)c1C1(CO)CC1.COCOc1ccc(C)c(OCOC)c1.COCOc1ccc(C)c(OCOC)c1C1(C#N)CC1.COCOc1ccc(C)c(OCOC)c1F.COCOc1ccc(C)c2c1C1(CC1)C(=O)O2.COCOc1ccc(C)c2c1C1(CC1)CO2.Cc1ccc(O)c2c1OC(=O)C21CC1.Cc1ccc(O)c2c1OCC21CC1.Cc1ccc(O)cc1O.N#CC1CC1.[AlH3].[H-].[Li+]. The van der Waals surface area contributed by atoms with E-state index in [0.29, 0.717) is 69.8 Å². The van der Waals surface area contributed by atoms with Gasteiger partial charge in [-0.05, 0) is 257 Å². The molecule has 0 amide bonds. The summed E-state index contributed by atoms with van der Waals surface area (Å²) < 4.78 is 136. The topological polar surface area (TPSA) is 442 Å². The molecule has 7 fully saturated rings. The van der Waals surface area contributed by atoms with Gasteiger partial charge < -0.3 is 146 Å². The number of halogens is 1. The Kier molecular flexibility index (Phi) is 46.8. The monoisotopic (exact) mass is 2100 g/mol. The van der Waals surface area contributed by atoms with Gasteiger partial charge in [-0.1, -0.05) is 54.6 Å². The van der Waals surface area contributed by atoms with Crippen LogP contribution in [0.3, 0.4) is 0 Å². The summed E-state index contributed by atoms with van der Waals surface area (Å²) in [5.74, 6) is 9.09. The minimum absolute atomic E-state index is 0. The minimum Gasteiger partial charge on any atom is -1.00 e. The summed E-state index contributed by atoms with van der Waals surface area (Å²) in [7, 11) is 16.5. The zero-order chi connectivity index (χ0) is 108. The number of ether oxygens (including phenoxy) is 24. The molecular weight excluding hydrogens is 1950 g/mol. The van der Waals surface area contributed by atoms with Crippen molar-refractivity contribution in [2.24, 2.45) is 5.92 Å². The molecule has 0 saturated heterocycles. The molecule has 4 spiro atoms. The van der Waals surface area contributed by atoms with Crippen LogP contribution in [0.4, 0.5) is 9.18 Å². The second-order valence-corrected chi connectivity index (χ2v) is 37.2. The molecule has 150 heavy (non-hydrogen) atoms. The maximum Gasteiger partial charge on any atom is 1.00 e. The molecule has 7 aliphatic carbocycles. The number of aromatic hydroxyl groups is 5. The van der Waals surface area contributed by atoms with Gasteiger partial charge in [0.2, 0.25) is 5.82 Å². The zero-order valence-corrected chi connectivity index (χ0v) is 89.0. The number of hydrogen-bond donors (Lipinski definition) is 6. The van der Waals surface area contributed by atoms with E-state index in [-0.39, 0.29) is 161 Å². The van der Waals surface area contributed by atoms with Gasteiger partial charge in [0.05, 0.1) is 68.3 Å². The minimum atomic E-state index is -0.657. The van der Waals surface area contributed by atoms with Crippen molar-refractivity contribution in [3.8, 4) is 116 Å². The Bertz CT molecular complexity index is 6080. The Hall–Kier alpha value is -12.4. The molecule has 6 N–H and O–H groups in total. The van der Waals surface area contributed by atoms with E-state index in [1.807, 2.05) is 108 Å². The van der Waals surface area contributed by atoms with E-state index in [0.717, 1.165) is 174 Å². The number of aliphatic hydroxyl groups excluding tert-OH is 1. The predicted octanol–water partition coefficient (Wildman–Crippen LogP) is 15.0. The largest absolute Gasteiger partial charge is 1.00 e. The summed E-state index contributed by atoms with van der Waals surface area (Å²) in [6.45, 7) is 20.1. The van der Waals surface area contributed by atoms with E-state index in [1.54, 1.807) is 100 Å². The van der Waals surface area contributed by atoms with Crippen LogP contribution in [0, 0.1) is 96.7 Å². The third-order valence-corrected chi connectivity index (χ3v) is 26.1. The van der Waals surface area contributed by atoms with Crippen LogP contribution in [-0.2, 0) is 94.2 Å². The summed E-state index contributed by atoms with van der Waals surface area (Å²) in [6.07, 6.45) is 13.1. The van der Waals surface area contributed by atoms with Gasteiger partial charge in [0.25, 0.3) is 0 Å². The van der Waals surface area contributed by atoms with Crippen LogP contribution in [0.25, 0.3) is 0 Å². The number of carbonyl (C=O) groups is 3. The van der Waals surface area contributed by atoms with Crippen LogP contribution in [0.5, 0.6) is 103 Å². The Morgan fingerprint density at radius 2 is 0.747 bits per heavy atom. The number of aryl methyl sites for hydroxylation is 9. The van der Waals surface area contributed by atoms with Crippen molar-refractivity contribution in [1.29, 1.82) is 10.5 Å². The fourth-order valence-electron chi connectivity index (χ4n) is 16.6. The van der Waals surface area contributed by atoms with Crippen molar-refractivity contribution in [2.45, 2.75) is 185 Å². The molecule has 4 aliphatic heterocycles. The average molecular weight is 2100 g/mol. The molecule has 7 saturated carbocycles. The van der Waals surface area contributed by atoms with Gasteiger partial charge in [0.1, 0.15) is 103 Å². The van der Waals surface area contributed by atoms with Crippen molar-refractivity contribution >= 4 is 35.5 Å². The number of phenolic OH excluding ortho intramolecular Hbond substituents is 5. The molecule has 0 bridgehead atoms. The van der Waals surface area contributed by atoms with Gasteiger partial charge in [-0.15, -0.1) is 0 Å². The maximum atomic E-state index is 13.8. The molecule has 38 heteroatoms. The second-order valence-electron chi connectivity index (χ2n) is 37.2. The molecule has 0 unspecified atom stereocenters. The molecule has 11 aliphatic rings. The van der Waals surface area contributed by atoms with Crippen molar-refractivity contribution in [1.82, 2.24) is 0 Å². The number of aliphatic hydroxyl groups is 1. The van der Waals surface area contributed by atoms with E-state index in [4.69, 9.17) is 120 Å². The number of nitriles is 2. The van der Waals surface area contributed by atoms with E-state index in [2.05, 4.69) is 28.5 Å². The van der Waals surface area contributed by atoms with E-state index in [1.165, 1.54) is 70.6 Å². The van der Waals surface area contributed by atoms with Crippen molar-refractivity contribution in [3.63, 3.8) is 0 Å². The van der Waals surface area contributed by atoms with Crippen molar-refractivity contribution < 1.29 is 183 Å². The molecule has 0 atom stereocenters. The third-order valence-electron chi connectivity index (χ3n) is 26.1. The first kappa shape index (κ1) is 123. The predicted molar refractivity (Wildman–Crippen MR) is 551 cm³/mol. The van der Waals surface area contributed by atoms with Crippen LogP contribution in [0.1, 0.15) is 175 Å². The van der Waals surface area contributed by atoms with Crippen LogP contribution >= 0.6 is 0 Å². The van der Waals surface area contributed by atoms with Crippen LogP contribution < -0.4 is 80.4 Å². The number of esters is 2. The molecule has 0 radical (unpaired) electrons.